The lowest BCUT2D eigenvalue weighted by Gasteiger charge is -2.35. The van der Waals surface area contributed by atoms with E-state index in [9.17, 15) is 0 Å². The summed E-state index contributed by atoms with van der Waals surface area (Å²) >= 11 is 0. The molecular formula is C16H27N5O2. The van der Waals surface area contributed by atoms with Gasteiger partial charge in [-0.3, -0.25) is 0 Å². The topological polar surface area (TPSA) is 99.5 Å². The predicted molar refractivity (Wildman–Crippen MR) is 89.5 cm³/mol. The van der Waals surface area contributed by atoms with E-state index in [-0.39, 0.29) is 0 Å². The van der Waals surface area contributed by atoms with Gasteiger partial charge < -0.3 is 25.8 Å². The Morgan fingerprint density at radius 3 is 2.61 bits per heavy atom. The summed E-state index contributed by atoms with van der Waals surface area (Å²) in [5.74, 6) is 1.73. The maximum Gasteiger partial charge on any atom is 0.222 e. The molecular weight excluding hydrogens is 294 g/mol. The standard InChI is InChI=1S/C16H27N5O2/c1-22-6-7-23-13-2-4-21(5-3-13)15-10-14(19-16(18)20-15)11-8-12(17)9-11/h10-13H,2-9,17H2,1H3,(H2,18,19,20). The van der Waals surface area contributed by atoms with E-state index < -0.39 is 0 Å². The average Bonchev–Trinajstić information content (AvgIpc) is 2.52. The van der Waals surface area contributed by atoms with E-state index in [1.165, 1.54) is 0 Å². The molecule has 1 aliphatic carbocycles. The molecule has 3 rings (SSSR count). The predicted octanol–water partition coefficient (Wildman–Crippen LogP) is 0.895. The highest BCUT2D eigenvalue weighted by atomic mass is 16.5. The number of piperidine rings is 1. The van der Waals surface area contributed by atoms with E-state index in [0.29, 0.717) is 37.2 Å². The maximum atomic E-state index is 5.91. The Labute approximate surface area is 137 Å². The Bertz CT molecular complexity index is 513. The minimum atomic E-state index is 0.305. The lowest BCUT2D eigenvalue weighted by atomic mass is 9.78. The van der Waals surface area contributed by atoms with Crippen LogP contribution in [0.15, 0.2) is 6.07 Å². The molecule has 2 fully saturated rings. The zero-order chi connectivity index (χ0) is 16.2. The zero-order valence-electron chi connectivity index (χ0n) is 13.8. The average molecular weight is 321 g/mol. The fourth-order valence-electron chi connectivity index (χ4n) is 3.30. The second-order valence-corrected chi connectivity index (χ2v) is 6.49. The third-order valence-corrected chi connectivity index (χ3v) is 4.75. The summed E-state index contributed by atoms with van der Waals surface area (Å²) in [6, 6.07) is 2.39. The first-order valence-electron chi connectivity index (χ1n) is 8.41. The lowest BCUT2D eigenvalue weighted by Crippen LogP contribution is -2.38. The quantitative estimate of drug-likeness (QED) is 0.751. The number of rotatable bonds is 6. The molecule has 0 bridgehead atoms. The van der Waals surface area contributed by atoms with E-state index in [1.54, 1.807) is 7.11 Å². The van der Waals surface area contributed by atoms with Crippen LogP contribution in [0.5, 0.6) is 0 Å². The molecule has 4 N–H and O–H groups in total. The molecule has 1 saturated heterocycles. The number of ether oxygens (including phenoxy) is 2. The van der Waals surface area contributed by atoms with Crippen molar-refractivity contribution in [1.29, 1.82) is 0 Å². The van der Waals surface area contributed by atoms with Gasteiger partial charge in [-0.2, -0.15) is 4.98 Å². The first kappa shape index (κ1) is 16.4. The molecule has 0 radical (unpaired) electrons. The van der Waals surface area contributed by atoms with Gasteiger partial charge in [0.15, 0.2) is 0 Å². The molecule has 1 aromatic rings. The molecule has 1 saturated carbocycles. The fraction of sp³-hybridized carbons (Fsp3) is 0.750. The number of nitrogens with zero attached hydrogens (tertiary/aromatic N) is 3. The summed E-state index contributed by atoms with van der Waals surface area (Å²) in [7, 11) is 1.69. The van der Waals surface area contributed by atoms with E-state index in [1.807, 2.05) is 0 Å². The van der Waals surface area contributed by atoms with Crippen molar-refractivity contribution in [1.82, 2.24) is 9.97 Å². The third kappa shape index (κ3) is 4.10. The number of hydrogen-bond acceptors (Lipinski definition) is 7. The van der Waals surface area contributed by atoms with Gasteiger partial charge in [-0.25, -0.2) is 4.98 Å². The summed E-state index contributed by atoms with van der Waals surface area (Å²) < 4.78 is 10.8. The van der Waals surface area contributed by atoms with Gasteiger partial charge in [0.2, 0.25) is 5.95 Å². The molecule has 128 valence electrons. The molecule has 1 aliphatic heterocycles. The fourth-order valence-corrected chi connectivity index (χ4v) is 3.30. The van der Waals surface area contributed by atoms with Crippen LogP contribution in [-0.4, -0.2) is 55.5 Å². The van der Waals surface area contributed by atoms with Gasteiger partial charge in [0.25, 0.3) is 0 Å². The highest BCUT2D eigenvalue weighted by Crippen LogP contribution is 2.36. The summed E-state index contributed by atoms with van der Waals surface area (Å²) in [6.45, 7) is 3.17. The summed E-state index contributed by atoms with van der Waals surface area (Å²) in [5.41, 5.74) is 12.8. The van der Waals surface area contributed by atoms with Gasteiger partial charge in [0.05, 0.1) is 25.0 Å². The minimum absolute atomic E-state index is 0.305. The van der Waals surface area contributed by atoms with Crippen LogP contribution in [0.2, 0.25) is 0 Å². The Kier molecular flexibility index (Phi) is 5.30. The molecule has 0 unspecified atom stereocenters. The minimum Gasteiger partial charge on any atom is -0.382 e. The second-order valence-electron chi connectivity index (χ2n) is 6.49. The van der Waals surface area contributed by atoms with Crippen LogP contribution in [0.3, 0.4) is 0 Å². The van der Waals surface area contributed by atoms with Crippen LogP contribution in [0, 0.1) is 0 Å². The highest BCUT2D eigenvalue weighted by molar-refractivity contribution is 5.45. The molecule has 0 atom stereocenters. The highest BCUT2D eigenvalue weighted by Gasteiger charge is 2.30. The van der Waals surface area contributed by atoms with E-state index in [4.69, 9.17) is 20.9 Å². The number of nitrogens with two attached hydrogens (primary N) is 2. The number of hydrogen-bond donors (Lipinski definition) is 2. The maximum absolute atomic E-state index is 5.91. The molecule has 0 spiro atoms. The van der Waals surface area contributed by atoms with Crippen LogP contribution in [0.4, 0.5) is 11.8 Å². The molecule has 23 heavy (non-hydrogen) atoms. The van der Waals surface area contributed by atoms with Gasteiger partial charge >= 0.3 is 0 Å². The van der Waals surface area contributed by atoms with Crippen LogP contribution in [0.1, 0.15) is 37.3 Å². The van der Waals surface area contributed by atoms with Crippen molar-refractivity contribution in [3.05, 3.63) is 11.8 Å². The van der Waals surface area contributed by atoms with Gasteiger partial charge in [-0.1, -0.05) is 0 Å². The van der Waals surface area contributed by atoms with Crippen LogP contribution >= 0.6 is 0 Å². The molecule has 1 aromatic heterocycles. The number of aromatic nitrogens is 2. The summed E-state index contributed by atoms with van der Waals surface area (Å²) in [6.07, 6.45) is 4.29. The van der Waals surface area contributed by atoms with Crippen molar-refractivity contribution in [2.24, 2.45) is 5.73 Å². The number of nitrogen functional groups attached to an aromatic ring is 1. The van der Waals surface area contributed by atoms with Crippen molar-refractivity contribution >= 4 is 11.8 Å². The Hall–Kier alpha value is -1.44. The van der Waals surface area contributed by atoms with E-state index in [2.05, 4.69) is 20.9 Å². The van der Waals surface area contributed by atoms with Gasteiger partial charge in [-0.15, -0.1) is 0 Å². The normalized spacial score (nSPS) is 25.4. The largest absolute Gasteiger partial charge is 0.382 e. The number of anilines is 2. The third-order valence-electron chi connectivity index (χ3n) is 4.75. The van der Waals surface area contributed by atoms with Gasteiger partial charge in [-0.05, 0) is 25.7 Å². The van der Waals surface area contributed by atoms with Gasteiger partial charge in [0.1, 0.15) is 5.82 Å². The Morgan fingerprint density at radius 2 is 1.96 bits per heavy atom. The first-order chi connectivity index (χ1) is 11.2. The monoisotopic (exact) mass is 321 g/mol. The van der Waals surface area contributed by atoms with Crippen molar-refractivity contribution in [2.45, 2.75) is 43.7 Å². The summed E-state index contributed by atoms with van der Waals surface area (Å²) in [4.78, 5) is 11.1. The van der Waals surface area contributed by atoms with E-state index >= 15 is 0 Å². The van der Waals surface area contributed by atoms with Crippen LogP contribution < -0.4 is 16.4 Å². The van der Waals surface area contributed by atoms with Crippen molar-refractivity contribution in [3.63, 3.8) is 0 Å². The van der Waals surface area contributed by atoms with Crippen molar-refractivity contribution in [2.75, 3.05) is 44.0 Å². The SMILES string of the molecule is COCCOC1CCN(c2cc(C3CC(N)C3)nc(N)n2)CC1. The molecule has 0 aromatic carbocycles. The Balaban J connectivity index is 1.57. The molecule has 7 nitrogen and oxygen atoms in total. The molecule has 0 amide bonds. The second kappa shape index (κ2) is 7.42. The lowest BCUT2D eigenvalue weighted by molar-refractivity contribution is 0.00604. The van der Waals surface area contributed by atoms with Gasteiger partial charge in [0, 0.05) is 38.2 Å². The molecule has 7 heteroatoms. The number of methoxy groups -OCH3 is 1. The molecule has 2 aliphatic rings. The van der Waals surface area contributed by atoms with E-state index in [0.717, 1.165) is 50.3 Å². The van der Waals surface area contributed by atoms with Crippen LogP contribution in [0.25, 0.3) is 0 Å². The zero-order valence-corrected chi connectivity index (χ0v) is 13.8. The summed E-state index contributed by atoms with van der Waals surface area (Å²) in [5, 5.41) is 0. The molecule has 2 heterocycles. The Morgan fingerprint density at radius 1 is 1.22 bits per heavy atom. The van der Waals surface area contributed by atoms with Crippen molar-refractivity contribution < 1.29 is 9.47 Å². The first-order valence-corrected chi connectivity index (χ1v) is 8.41. The van der Waals surface area contributed by atoms with Crippen molar-refractivity contribution in [3.8, 4) is 0 Å². The smallest absolute Gasteiger partial charge is 0.222 e. The van der Waals surface area contributed by atoms with Crippen LogP contribution in [-0.2, 0) is 9.47 Å².